The van der Waals surface area contributed by atoms with Gasteiger partial charge in [-0.15, -0.1) is 0 Å². The molecule has 2 aromatic rings. The number of aliphatic hydroxyl groups excluding tert-OH is 1. The smallest absolute Gasteiger partial charge is 0.0580 e. The molecule has 0 heterocycles. The summed E-state index contributed by atoms with van der Waals surface area (Å²) >= 11 is 0. The molecule has 0 saturated carbocycles. The third-order valence-electron chi connectivity index (χ3n) is 3.63. The van der Waals surface area contributed by atoms with Gasteiger partial charge in [-0.3, -0.25) is 0 Å². The van der Waals surface area contributed by atoms with Crippen molar-refractivity contribution in [3.8, 4) is 0 Å². The van der Waals surface area contributed by atoms with Crippen molar-refractivity contribution in [2.75, 3.05) is 5.32 Å². The van der Waals surface area contributed by atoms with Gasteiger partial charge in [-0.2, -0.15) is 0 Å². The average Bonchev–Trinajstić information content (AvgIpc) is 2.51. The molecule has 1 unspecified atom stereocenters. The van der Waals surface area contributed by atoms with Crippen molar-refractivity contribution in [3.05, 3.63) is 60.2 Å². The number of hydrogen-bond donors (Lipinski definition) is 2. The van der Waals surface area contributed by atoms with Crippen LogP contribution < -0.4 is 5.32 Å². The van der Waals surface area contributed by atoms with Crippen molar-refractivity contribution in [3.63, 3.8) is 0 Å². The molecule has 0 fully saturated rings. The molecule has 0 radical (unpaired) electrons. The Bertz CT molecular complexity index is 507. The predicted octanol–water partition coefficient (Wildman–Crippen LogP) is 4.91. The van der Waals surface area contributed by atoms with Crippen LogP contribution in [0.15, 0.2) is 54.6 Å². The average molecular weight is 283 g/mol. The van der Waals surface area contributed by atoms with Crippen LogP contribution in [0, 0.1) is 0 Å². The van der Waals surface area contributed by atoms with Crippen LogP contribution in [0.1, 0.15) is 38.2 Å². The van der Waals surface area contributed by atoms with Crippen LogP contribution in [0.3, 0.4) is 0 Å². The summed E-state index contributed by atoms with van der Waals surface area (Å²) in [6.45, 7) is 2.19. The van der Waals surface area contributed by atoms with Crippen LogP contribution in [0.5, 0.6) is 0 Å². The van der Waals surface area contributed by atoms with E-state index in [4.69, 9.17) is 0 Å². The lowest BCUT2D eigenvalue weighted by Crippen LogP contribution is -2.10. The summed E-state index contributed by atoms with van der Waals surface area (Å²) < 4.78 is 0. The topological polar surface area (TPSA) is 32.3 Å². The number of anilines is 2. The zero-order valence-electron chi connectivity index (χ0n) is 12.8. The lowest BCUT2D eigenvalue weighted by molar-refractivity contribution is 0.161. The minimum absolute atomic E-state index is 0.218. The van der Waals surface area contributed by atoms with E-state index in [-0.39, 0.29) is 6.10 Å². The highest BCUT2D eigenvalue weighted by molar-refractivity contribution is 5.59. The number of para-hydroxylation sites is 1. The molecule has 2 N–H and O–H groups in total. The second kappa shape index (κ2) is 8.48. The Morgan fingerprint density at radius 1 is 0.905 bits per heavy atom. The SMILES string of the molecule is CCCCCC(O)Cc1ccc(Nc2ccccc2)cc1. The molecule has 1 atom stereocenters. The molecule has 0 aliphatic carbocycles. The van der Waals surface area contributed by atoms with Gasteiger partial charge < -0.3 is 10.4 Å². The predicted molar refractivity (Wildman–Crippen MR) is 90.0 cm³/mol. The van der Waals surface area contributed by atoms with Crippen LogP contribution in [-0.4, -0.2) is 11.2 Å². The standard InChI is InChI=1S/C19H25NO/c1-2-3-5-10-19(21)15-16-11-13-18(14-12-16)20-17-8-6-4-7-9-17/h4,6-9,11-14,19-21H,2-3,5,10,15H2,1H3. The van der Waals surface area contributed by atoms with Crippen molar-refractivity contribution in [2.24, 2.45) is 0 Å². The Balaban J connectivity index is 1.84. The Morgan fingerprint density at radius 3 is 2.24 bits per heavy atom. The Kier molecular flexibility index (Phi) is 6.29. The molecule has 0 amide bonds. The zero-order valence-corrected chi connectivity index (χ0v) is 12.8. The fourth-order valence-electron chi connectivity index (χ4n) is 2.42. The minimum atomic E-state index is -0.218. The second-order valence-electron chi connectivity index (χ2n) is 5.54. The van der Waals surface area contributed by atoms with E-state index in [1.807, 2.05) is 30.3 Å². The van der Waals surface area contributed by atoms with Crippen LogP contribution >= 0.6 is 0 Å². The fraction of sp³-hybridized carbons (Fsp3) is 0.368. The van der Waals surface area contributed by atoms with E-state index >= 15 is 0 Å². The summed E-state index contributed by atoms with van der Waals surface area (Å²) in [5.41, 5.74) is 3.35. The molecular formula is C19H25NO. The van der Waals surface area contributed by atoms with E-state index < -0.39 is 0 Å². The highest BCUT2D eigenvalue weighted by Crippen LogP contribution is 2.18. The van der Waals surface area contributed by atoms with E-state index in [0.29, 0.717) is 0 Å². The van der Waals surface area contributed by atoms with Gasteiger partial charge in [-0.25, -0.2) is 0 Å². The van der Waals surface area contributed by atoms with E-state index in [9.17, 15) is 5.11 Å². The summed E-state index contributed by atoms with van der Waals surface area (Å²) in [5.74, 6) is 0. The minimum Gasteiger partial charge on any atom is -0.393 e. The molecule has 2 nitrogen and oxygen atoms in total. The van der Waals surface area contributed by atoms with Crippen LogP contribution in [0.2, 0.25) is 0 Å². The highest BCUT2D eigenvalue weighted by atomic mass is 16.3. The highest BCUT2D eigenvalue weighted by Gasteiger charge is 2.05. The molecule has 2 aromatic carbocycles. The zero-order chi connectivity index (χ0) is 14.9. The third-order valence-corrected chi connectivity index (χ3v) is 3.63. The molecule has 0 saturated heterocycles. The van der Waals surface area contributed by atoms with Gasteiger partial charge in [0.15, 0.2) is 0 Å². The van der Waals surface area contributed by atoms with Gasteiger partial charge >= 0.3 is 0 Å². The van der Waals surface area contributed by atoms with Crippen molar-refractivity contribution in [2.45, 2.75) is 45.1 Å². The van der Waals surface area contributed by atoms with Gasteiger partial charge in [-0.1, -0.05) is 56.5 Å². The van der Waals surface area contributed by atoms with Crippen molar-refractivity contribution >= 4 is 11.4 Å². The summed E-state index contributed by atoms with van der Waals surface area (Å²) in [7, 11) is 0. The lowest BCUT2D eigenvalue weighted by atomic mass is 10.0. The Hall–Kier alpha value is -1.80. The maximum absolute atomic E-state index is 10.0. The van der Waals surface area contributed by atoms with Gasteiger partial charge in [0, 0.05) is 11.4 Å². The summed E-state index contributed by atoms with van der Waals surface area (Å²) in [6, 6.07) is 18.5. The van der Waals surface area contributed by atoms with Gasteiger partial charge in [0.05, 0.1) is 6.10 Å². The summed E-state index contributed by atoms with van der Waals surface area (Å²) in [5, 5.41) is 13.4. The fourth-order valence-corrected chi connectivity index (χ4v) is 2.42. The summed E-state index contributed by atoms with van der Waals surface area (Å²) in [4.78, 5) is 0. The quantitative estimate of drug-likeness (QED) is 0.674. The maximum Gasteiger partial charge on any atom is 0.0580 e. The Labute approximate surface area is 127 Å². The lowest BCUT2D eigenvalue weighted by Gasteiger charge is -2.11. The second-order valence-corrected chi connectivity index (χ2v) is 5.54. The Morgan fingerprint density at radius 2 is 1.57 bits per heavy atom. The summed E-state index contributed by atoms with van der Waals surface area (Å²) in [6.07, 6.45) is 4.95. The van der Waals surface area contributed by atoms with Gasteiger partial charge in [-0.05, 0) is 42.7 Å². The largest absolute Gasteiger partial charge is 0.393 e. The first-order chi connectivity index (χ1) is 10.3. The van der Waals surface area contributed by atoms with Crippen LogP contribution in [0.25, 0.3) is 0 Å². The molecule has 0 aromatic heterocycles. The van der Waals surface area contributed by atoms with E-state index in [1.165, 1.54) is 18.4 Å². The number of aliphatic hydroxyl groups is 1. The van der Waals surface area contributed by atoms with E-state index in [2.05, 4.69) is 36.5 Å². The van der Waals surface area contributed by atoms with Crippen LogP contribution in [0.4, 0.5) is 11.4 Å². The van der Waals surface area contributed by atoms with E-state index in [1.54, 1.807) is 0 Å². The molecule has 0 aliphatic heterocycles. The molecule has 0 spiro atoms. The van der Waals surface area contributed by atoms with Crippen molar-refractivity contribution in [1.82, 2.24) is 0 Å². The van der Waals surface area contributed by atoms with Gasteiger partial charge in [0.25, 0.3) is 0 Å². The maximum atomic E-state index is 10.0. The number of hydrogen-bond acceptors (Lipinski definition) is 2. The molecule has 112 valence electrons. The monoisotopic (exact) mass is 283 g/mol. The number of nitrogens with one attached hydrogen (secondary N) is 1. The molecular weight excluding hydrogens is 258 g/mol. The van der Waals surface area contributed by atoms with Gasteiger partial charge in [0.2, 0.25) is 0 Å². The molecule has 21 heavy (non-hydrogen) atoms. The number of benzene rings is 2. The van der Waals surface area contributed by atoms with Crippen molar-refractivity contribution in [1.29, 1.82) is 0 Å². The van der Waals surface area contributed by atoms with Gasteiger partial charge in [0.1, 0.15) is 0 Å². The number of rotatable bonds is 8. The van der Waals surface area contributed by atoms with Crippen molar-refractivity contribution < 1.29 is 5.11 Å². The molecule has 2 rings (SSSR count). The van der Waals surface area contributed by atoms with E-state index in [0.717, 1.165) is 30.6 Å². The first-order valence-electron chi connectivity index (χ1n) is 7.87. The molecule has 0 bridgehead atoms. The third kappa shape index (κ3) is 5.60. The first kappa shape index (κ1) is 15.6. The molecule has 0 aliphatic rings. The molecule has 2 heteroatoms. The normalized spacial score (nSPS) is 12.1. The first-order valence-corrected chi connectivity index (χ1v) is 7.87. The van der Waals surface area contributed by atoms with Crippen LogP contribution in [-0.2, 0) is 6.42 Å². The number of unbranched alkanes of at least 4 members (excludes halogenated alkanes) is 2.